The SMILES string of the molecule is CCCCN(C)C(=NCCn1c(C)nc2ccccc21)NCC. The zero-order chi connectivity index (χ0) is 16.7. The summed E-state index contributed by atoms with van der Waals surface area (Å²) in [5.41, 5.74) is 2.24. The number of imidazole rings is 1. The molecule has 0 atom stereocenters. The molecule has 0 aliphatic heterocycles. The molecule has 1 aromatic carbocycles. The summed E-state index contributed by atoms with van der Waals surface area (Å²) in [6.07, 6.45) is 2.39. The summed E-state index contributed by atoms with van der Waals surface area (Å²) >= 11 is 0. The van der Waals surface area contributed by atoms with Crippen molar-refractivity contribution in [2.24, 2.45) is 4.99 Å². The molecule has 5 heteroatoms. The first kappa shape index (κ1) is 17.3. The molecule has 5 nitrogen and oxygen atoms in total. The molecule has 1 aromatic heterocycles. The van der Waals surface area contributed by atoms with Crippen LogP contribution < -0.4 is 5.32 Å². The van der Waals surface area contributed by atoms with Crippen molar-refractivity contribution >= 4 is 17.0 Å². The minimum absolute atomic E-state index is 0.750. The Morgan fingerprint density at radius 1 is 1.30 bits per heavy atom. The maximum absolute atomic E-state index is 4.77. The molecule has 0 amide bonds. The zero-order valence-corrected chi connectivity index (χ0v) is 14.8. The molecule has 23 heavy (non-hydrogen) atoms. The maximum atomic E-state index is 4.77. The van der Waals surface area contributed by atoms with Crippen molar-refractivity contribution in [3.05, 3.63) is 30.1 Å². The Hall–Kier alpha value is -2.04. The van der Waals surface area contributed by atoms with E-state index in [9.17, 15) is 0 Å². The number of aromatic nitrogens is 2. The predicted molar refractivity (Wildman–Crippen MR) is 98.0 cm³/mol. The van der Waals surface area contributed by atoms with Crippen LogP contribution in [-0.4, -0.2) is 47.1 Å². The van der Waals surface area contributed by atoms with Crippen molar-refractivity contribution in [2.45, 2.75) is 40.2 Å². The van der Waals surface area contributed by atoms with Gasteiger partial charge in [0, 0.05) is 26.7 Å². The third-order valence-electron chi connectivity index (χ3n) is 3.97. The molecule has 2 rings (SSSR count). The lowest BCUT2D eigenvalue weighted by molar-refractivity contribution is 0.464. The van der Waals surface area contributed by atoms with Crippen molar-refractivity contribution in [3.63, 3.8) is 0 Å². The highest BCUT2D eigenvalue weighted by Gasteiger charge is 2.07. The van der Waals surface area contributed by atoms with Crippen molar-refractivity contribution < 1.29 is 0 Å². The quantitative estimate of drug-likeness (QED) is 0.631. The first-order valence-corrected chi connectivity index (χ1v) is 8.58. The lowest BCUT2D eigenvalue weighted by atomic mass is 10.3. The molecule has 0 spiro atoms. The van der Waals surface area contributed by atoms with Gasteiger partial charge < -0.3 is 14.8 Å². The summed E-state index contributed by atoms with van der Waals surface area (Å²) in [7, 11) is 2.11. The second-order valence-corrected chi connectivity index (χ2v) is 5.81. The highest BCUT2D eigenvalue weighted by Crippen LogP contribution is 2.15. The number of benzene rings is 1. The third-order valence-corrected chi connectivity index (χ3v) is 3.97. The fourth-order valence-electron chi connectivity index (χ4n) is 2.70. The van der Waals surface area contributed by atoms with Gasteiger partial charge >= 0.3 is 0 Å². The van der Waals surface area contributed by atoms with Gasteiger partial charge in [-0.15, -0.1) is 0 Å². The van der Waals surface area contributed by atoms with E-state index in [0.29, 0.717) is 0 Å². The Bertz CT molecular complexity index is 644. The Balaban J connectivity index is 2.06. The van der Waals surface area contributed by atoms with Gasteiger partial charge in [0.2, 0.25) is 0 Å². The van der Waals surface area contributed by atoms with Crippen LogP contribution in [0.4, 0.5) is 0 Å². The predicted octanol–water partition coefficient (Wildman–Crippen LogP) is 3.04. The van der Waals surface area contributed by atoms with Crippen molar-refractivity contribution in [3.8, 4) is 0 Å². The summed E-state index contributed by atoms with van der Waals surface area (Å²) in [4.78, 5) is 11.6. The van der Waals surface area contributed by atoms with Crippen LogP contribution >= 0.6 is 0 Å². The molecule has 0 unspecified atom stereocenters. The maximum Gasteiger partial charge on any atom is 0.193 e. The summed E-state index contributed by atoms with van der Waals surface area (Å²) in [6, 6.07) is 8.28. The number of rotatable bonds is 7. The van der Waals surface area contributed by atoms with Crippen molar-refractivity contribution in [2.75, 3.05) is 26.7 Å². The Morgan fingerprint density at radius 2 is 2.09 bits per heavy atom. The molecule has 126 valence electrons. The van der Waals surface area contributed by atoms with Gasteiger partial charge in [0.05, 0.1) is 17.6 Å². The largest absolute Gasteiger partial charge is 0.357 e. The number of guanidine groups is 1. The molecule has 0 aliphatic rings. The number of hydrogen-bond donors (Lipinski definition) is 1. The van der Waals surface area contributed by atoms with Crippen molar-refractivity contribution in [1.29, 1.82) is 0 Å². The first-order valence-electron chi connectivity index (χ1n) is 8.58. The van der Waals surface area contributed by atoms with Gasteiger partial charge in [-0.05, 0) is 32.4 Å². The summed E-state index contributed by atoms with van der Waals surface area (Å²) in [6.45, 7) is 9.91. The molecule has 0 bridgehead atoms. The minimum atomic E-state index is 0.750. The van der Waals surface area contributed by atoms with Gasteiger partial charge in [-0.1, -0.05) is 25.5 Å². The van der Waals surface area contributed by atoms with Crippen LogP contribution in [0.3, 0.4) is 0 Å². The Kier molecular flexibility index (Phi) is 6.44. The zero-order valence-electron chi connectivity index (χ0n) is 14.8. The molecule has 0 fully saturated rings. The van der Waals surface area contributed by atoms with E-state index in [4.69, 9.17) is 4.99 Å². The van der Waals surface area contributed by atoms with Crippen LogP contribution in [-0.2, 0) is 6.54 Å². The standard InChI is InChI=1S/C18H29N5/c1-5-7-13-22(4)18(19-6-2)20-12-14-23-15(3)21-16-10-8-9-11-17(16)23/h8-11H,5-7,12-14H2,1-4H3,(H,19,20). The van der Waals surface area contributed by atoms with E-state index >= 15 is 0 Å². The van der Waals surface area contributed by atoms with Gasteiger partial charge in [-0.3, -0.25) is 4.99 Å². The first-order chi connectivity index (χ1) is 11.2. The summed E-state index contributed by atoms with van der Waals surface area (Å²) in [5, 5.41) is 3.37. The number of fused-ring (bicyclic) bond motifs is 1. The minimum Gasteiger partial charge on any atom is -0.357 e. The molecule has 0 radical (unpaired) electrons. The Labute approximate surface area is 139 Å². The van der Waals surface area contributed by atoms with E-state index in [2.05, 4.69) is 65.8 Å². The van der Waals surface area contributed by atoms with E-state index in [1.54, 1.807) is 0 Å². The molecule has 0 saturated heterocycles. The molecule has 2 aromatic rings. The topological polar surface area (TPSA) is 45.5 Å². The van der Waals surface area contributed by atoms with Crippen LogP contribution in [0.25, 0.3) is 11.0 Å². The number of nitrogens with zero attached hydrogens (tertiary/aromatic N) is 4. The van der Waals surface area contributed by atoms with E-state index < -0.39 is 0 Å². The lowest BCUT2D eigenvalue weighted by Gasteiger charge is -2.21. The van der Waals surface area contributed by atoms with Gasteiger partial charge in [0.25, 0.3) is 0 Å². The average Bonchev–Trinajstić information content (AvgIpc) is 2.87. The van der Waals surface area contributed by atoms with Crippen LogP contribution in [0.5, 0.6) is 0 Å². The Morgan fingerprint density at radius 3 is 2.83 bits per heavy atom. The molecular weight excluding hydrogens is 286 g/mol. The number of para-hydroxylation sites is 2. The monoisotopic (exact) mass is 315 g/mol. The number of hydrogen-bond acceptors (Lipinski definition) is 2. The molecule has 0 saturated carbocycles. The van der Waals surface area contributed by atoms with Crippen LogP contribution in [0, 0.1) is 6.92 Å². The van der Waals surface area contributed by atoms with E-state index in [1.165, 1.54) is 18.4 Å². The molecule has 1 N–H and O–H groups in total. The van der Waals surface area contributed by atoms with E-state index in [1.807, 2.05) is 6.07 Å². The smallest absolute Gasteiger partial charge is 0.193 e. The van der Waals surface area contributed by atoms with Crippen molar-refractivity contribution in [1.82, 2.24) is 19.8 Å². The third kappa shape index (κ3) is 4.47. The number of aliphatic imine (C=N–C) groups is 1. The lowest BCUT2D eigenvalue weighted by Crippen LogP contribution is -2.39. The fraction of sp³-hybridized carbons (Fsp3) is 0.556. The molecular formula is C18H29N5. The van der Waals surface area contributed by atoms with Gasteiger partial charge in [-0.25, -0.2) is 4.98 Å². The number of unbranched alkanes of at least 4 members (excludes halogenated alkanes) is 1. The van der Waals surface area contributed by atoms with E-state index in [-0.39, 0.29) is 0 Å². The second kappa shape index (κ2) is 8.56. The van der Waals surface area contributed by atoms with Crippen LogP contribution in [0.2, 0.25) is 0 Å². The summed E-state index contributed by atoms with van der Waals surface area (Å²) < 4.78 is 2.24. The molecule has 0 aliphatic carbocycles. The second-order valence-electron chi connectivity index (χ2n) is 5.81. The van der Waals surface area contributed by atoms with Gasteiger partial charge in [-0.2, -0.15) is 0 Å². The average molecular weight is 315 g/mol. The van der Waals surface area contributed by atoms with Crippen LogP contribution in [0.15, 0.2) is 29.3 Å². The van der Waals surface area contributed by atoms with Gasteiger partial charge in [0.15, 0.2) is 5.96 Å². The highest BCUT2D eigenvalue weighted by molar-refractivity contribution is 5.79. The number of aryl methyl sites for hydroxylation is 1. The normalized spacial score (nSPS) is 11.9. The summed E-state index contributed by atoms with van der Waals surface area (Å²) in [5.74, 6) is 2.04. The van der Waals surface area contributed by atoms with Crippen LogP contribution in [0.1, 0.15) is 32.5 Å². The highest BCUT2D eigenvalue weighted by atomic mass is 15.3. The fourth-order valence-corrected chi connectivity index (χ4v) is 2.70. The molecule has 1 heterocycles. The van der Waals surface area contributed by atoms with E-state index in [0.717, 1.165) is 43.5 Å². The number of nitrogens with one attached hydrogen (secondary N) is 1. The van der Waals surface area contributed by atoms with Gasteiger partial charge in [0.1, 0.15) is 5.82 Å².